The minimum absolute atomic E-state index is 0.0155. The summed E-state index contributed by atoms with van der Waals surface area (Å²) in [4.78, 5) is 12.7. The van der Waals surface area contributed by atoms with Crippen molar-refractivity contribution in [2.75, 3.05) is 0 Å². The van der Waals surface area contributed by atoms with Crippen molar-refractivity contribution in [3.63, 3.8) is 0 Å². The first kappa shape index (κ1) is 19.6. The van der Waals surface area contributed by atoms with Crippen LogP contribution in [0.3, 0.4) is 0 Å². The summed E-state index contributed by atoms with van der Waals surface area (Å²) in [6.45, 7) is 4.37. The Morgan fingerprint density at radius 2 is 2.11 bits per heavy atom. The lowest BCUT2D eigenvalue weighted by molar-refractivity contribution is -0.117. The van der Waals surface area contributed by atoms with E-state index in [9.17, 15) is 13.2 Å². The van der Waals surface area contributed by atoms with Crippen LogP contribution in [0.25, 0.3) is 0 Å². The summed E-state index contributed by atoms with van der Waals surface area (Å²) < 4.78 is 27.3. The van der Waals surface area contributed by atoms with Crippen LogP contribution in [0.2, 0.25) is 0 Å². The van der Waals surface area contributed by atoms with Gasteiger partial charge < -0.3 is 4.18 Å². The number of carbonyl (C=O) groups excluding carboxylic acids is 1. The van der Waals surface area contributed by atoms with E-state index >= 15 is 0 Å². The smallest absolute Gasteiger partial charge is 0.371 e. The van der Waals surface area contributed by atoms with Crippen molar-refractivity contribution in [1.29, 1.82) is 0 Å². The third kappa shape index (κ3) is 3.30. The zero-order chi connectivity index (χ0) is 20.1. The standard InChI is InChI=1S/C22H29NO4S/c1-3-4-21(24)20-10-9-19-18-7-5-14-13-15(27-28(23,25)26)6-8-16(14)17(18)11-12-22(19,20)2/h6,8,10,13,17-19H,3-5,7,9,11-12H2,1-2H3,(H2,23,25,26). The van der Waals surface area contributed by atoms with E-state index in [4.69, 9.17) is 9.32 Å². The Balaban J connectivity index is 1.59. The summed E-state index contributed by atoms with van der Waals surface area (Å²) in [5, 5.41) is 5.00. The second kappa shape index (κ2) is 6.99. The van der Waals surface area contributed by atoms with Crippen molar-refractivity contribution in [3.8, 4) is 5.75 Å². The van der Waals surface area contributed by atoms with Gasteiger partial charge in [0.2, 0.25) is 0 Å². The maximum atomic E-state index is 12.7. The second-order valence-electron chi connectivity index (χ2n) is 8.84. The van der Waals surface area contributed by atoms with Gasteiger partial charge >= 0.3 is 10.3 Å². The first-order chi connectivity index (χ1) is 13.2. The van der Waals surface area contributed by atoms with E-state index in [2.05, 4.69) is 19.9 Å². The van der Waals surface area contributed by atoms with E-state index in [1.807, 2.05) is 12.1 Å². The number of allylic oxidation sites excluding steroid dienone is 2. The highest BCUT2D eigenvalue weighted by molar-refractivity contribution is 7.84. The quantitative estimate of drug-likeness (QED) is 0.804. The molecule has 1 aromatic carbocycles. The molecule has 5 nitrogen and oxygen atoms in total. The molecule has 3 aliphatic rings. The monoisotopic (exact) mass is 403 g/mol. The summed E-state index contributed by atoms with van der Waals surface area (Å²) in [7, 11) is -4.00. The van der Waals surface area contributed by atoms with Gasteiger partial charge in [-0.05, 0) is 90.5 Å². The molecule has 1 aromatic rings. The van der Waals surface area contributed by atoms with Gasteiger partial charge in [-0.1, -0.05) is 26.0 Å². The highest BCUT2D eigenvalue weighted by atomic mass is 32.2. The molecule has 4 rings (SSSR count). The van der Waals surface area contributed by atoms with Crippen LogP contribution >= 0.6 is 0 Å². The number of hydrogen-bond acceptors (Lipinski definition) is 4. The summed E-state index contributed by atoms with van der Waals surface area (Å²) in [5.74, 6) is 2.19. The molecule has 152 valence electrons. The van der Waals surface area contributed by atoms with Crippen LogP contribution in [0.5, 0.6) is 5.75 Å². The van der Waals surface area contributed by atoms with Crippen molar-refractivity contribution >= 4 is 16.1 Å². The van der Waals surface area contributed by atoms with E-state index in [1.165, 1.54) is 11.1 Å². The van der Waals surface area contributed by atoms with Gasteiger partial charge in [0.1, 0.15) is 5.75 Å². The minimum Gasteiger partial charge on any atom is -0.371 e. The van der Waals surface area contributed by atoms with Crippen molar-refractivity contribution in [2.45, 2.75) is 64.7 Å². The number of rotatable bonds is 5. The number of fused-ring (bicyclic) bond motifs is 5. The summed E-state index contributed by atoms with van der Waals surface area (Å²) in [6.07, 6.45) is 8.86. The molecule has 1 saturated carbocycles. The molecule has 0 amide bonds. The normalized spacial score (nSPS) is 31.4. The lowest BCUT2D eigenvalue weighted by Gasteiger charge is -2.50. The summed E-state index contributed by atoms with van der Waals surface area (Å²) >= 11 is 0. The third-order valence-electron chi connectivity index (χ3n) is 7.27. The van der Waals surface area contributed by atoms with Crippen LogP contribution in [0, 0.1) is 17.3 Å². The molecule has 1 fully saturated rings. The van der Waals surface area contributed by atoms with Crippen LogP contribution in [0.4, 0.5) is 0 Å². The van der Waals surface area contributed by atoms with Crippen molar-refractivity contribution in [3.05, 3.63) is 41.0 Å². The lowest BCUT2D eigenvalue weighted by Crippen LogP contribution is -2.42. The average molecular weight is 404 g/mol. The van der Waals surface area contributed by atoms with Crippen LogP contribution in [-0.4, -0.2) is 14.2 Å². The van der Waals surface area contributed by atoms with Gasteiger partial charge in [0.25, 0.3) is 0 Å². The van der Waals surface area contributed by atoms with E-state index in [0.29, 0.717) is 30.0 Å². The van der Waals surface area contributed by atoms with Crippen molar-refractivity contribution < 1.29 is 17.4 Å². The van der Waals surface area contributed by atoms with Crippen LogP contribution in [-0.2, 0) is 21.5 Å². The lowest BCUT2D eigenvalue weighted by atomic mass is 9.54. The van der Waals surface area contributed by atoms with Gasteiger partial charge in [-0.2, -0.15) is 13.6 Å². The van der Waals surface area contributed by atoms with Crippen molar-refractivity contribution in [2.24, 2.45) is 22.4 Å². The first-order valence-corrected chi connectivity index (χ1v) is 11.8. The maximum Gasteiger partial charge on any atom is 0.380 e. The Morgan fingerprint density at radius 1 is 1.32 bits per heavy atom. The molecule has 0 radical (unpaired) electrons. The Kier molecular flexibility index (Phi) is 4.91. The minimum atomic E-state index is -4.00. The Morgan fingerprint density at radius 3 is 2.82 bits per heavy atom. The van der Waals surface area contributed by atoms with Gasteiger partial charge in [0, 0.05) is 6.42 Å². The van der Waals surface area contributed by atoms with Gasteiger partial charge in [0.05, 0.1) is 0 Å². The molecule has 6 heteroatoms. The van der Waals surface area contributed by atoms with Crippen LogP contribution in [0.1, 0.15) is 69.4 Å². The molecule has 0 aromatic heterocycles. The number of benzene rings is 1. The van der Waals surface area contributed by atoms with Gasteiger partial charge in [-0.15, -0.1) is 0 Å². The molecule has 0 bridgehead atoms. The number of ketones is 1. The molecular formula is C22H29NO4S. The number of carbonyl (C=O) groups is 1. The van der Waals surface area contributed by atoms with Gasteiger partial charge in [0.15, 0.2) is 5.78 Å². The molecular weight excluding hydrogens is 374 g/mol. The molecule has 28 heavy (non-hydrogen) atoms. The molecule has 4 unspecified atom stereocenters. The number of Topliss-reactive ketones (excluding diaryl/α,β-unsaturated/α-hetero) is 1. The summed E-state index contributed by atoms with van der Waals surface area (Å²) in [6, 6.07) is 5.55. The van der Waals surface area contributed by atoms with Crippen LogP contribution in [0.15, 0.2) is 29.8 Å². The number of nitrogens with two attached hydrogens (primary N) is 1. The first-order valence-electron chi connectivity index (χ1n) is 10.3. The molecule has 0 spiro atoms. The van der Waals surface area contributed by atoms with E-state index in [0.717, 1.165) is 44.1 Å². The van der Waals surface area contributed by atoms with E-state index in [1.54, 1.807) is 6.07 Å². The second-order valence-corrected chi connectivity index (χ2v) is 9.99. The van der Waals surface area contributed by atoms with E-state index < -0.39 is 10.3 Å². The zero-order valence-corrected chi connectivity index (χ0v) is 17.4. The Labute approximate surface area is 167 Å². The fraction of sp³-hybridized carbons (Fsp3) is 0.591. The van der Waals surface area contributed by atoms with Gasteiger partial charge in [-0.3, -0.25) is 4.79 Å². The molecule has 3 aliphatic carbocycles. The fourth-order valence-electron chi connectivity index (χ4n) is 6.11. The summed E-state index contributed by atoms with van der Waals surface area (Å²) in [5.41, 5.74) is 3.58. The number of aryl methyl sites for hydroxylation is 1. The largest absolute Gasteiger partial charge is 0.380 e. The predicted octanol–water partition coefficient (Wildman–Crippen LogP) is 4.03. The Bertz CT molecular complexity index is 936. The highest BCUT2D eigenvalue weighted by Crippen LogP contribution is 2.61. The molecule has 0 aliphatic heterocycles. The average Bonchev–Trinajstić information content (AvgIpc) is 2.97. The van der Waals surface area contributed by atoms with E-state index in [-0.39, 0.29) is 11.2 Å². The highest BCUT2D eigenvalue weighted by Gasteiger charge is 2.52. The Hall–Kier alpha value is -1.66. The maximum absolute atomic E-state index is 12.7. The molecule has 2 N–H and O–H groups in total. The van der Waals surface area contributed by atoms with Crippen LogP contribution < -0.4 is 9.32 Å². The third-order valence-corrected chi connectivity index (χ3v) is 7.69. The van der Waals surface area contributed by atoms with Crippen molar-refractivity contribution in [1.82, 2.24) is 0 Å². The molecule has 0 heterocycles. The fourth-order valence-corrected chi connectivity index (χ4v) is 6.48. The SMILES string of the molecule is CCCC(=O)C1=CCC2C3CCc4cc(OS(N)(=O)=O)ccc4C3CCC12C. The number of hydrogen-bond donors (Lipinski definition) is 1. The molecule has 4 atom stereocenters. The topological polar surface area (TPSA) is 86.5 Å². The van der Waals surface area contributed by atoms with Gasteiger partial charge in [-0.25, -0.2) is 0 Å². The zero-order valence-electron chi connectivity index (χ0n) is 16.6. The molecule has 0 saturated heterocycles. The predicted molar refractivity (Wildman–Crippen MR) is 108 cm³/mol.